The zero-order valence-corrected chi connectivity index (χ0v) is 18.4. The average Bonchev–Trinajstić information content (AvgIpc) is 2.77. The Kier molecular flexibility index (Phi) is 6.24. The van der Waals surface area contributed by atoms with Crippen LogP contribution in [0.25, 0.3) is 0 Å². The Morgan fingerprint density at radius 3 is 2.56 bits per heavy atom. The van der Waals surface area contributed by atoms with Gasteiger partial charge in [0.15, 0.2) is 12.4 Å². The second-order valence-corrected chi connectivity index (χ2v) is 8.46. The van der Waals surface area contributed by atoms with Crippen LogP contribution in [0.2, 0.25) is 0 Å². The molecule has 7 nitrogen and oxygen atoms in total. The van der Waals surface area contributed by atoms with Gasteiger partial charge in [-0.1, -0.05) is 6.07 Å². The highest BCUT2D eigenvalue weighted by molar-refractivity contribution is 6.00. The molecule has 0 saturated carbocycles. The number of nitrogens with one attached hydrogen (secondary N) is 1. The van der Waals surface area contributed by atoms with Crippen LogP contribution in [0.15, 0.2) is 42.5 Å². The Morgan fingerprint density at radius 1 is 1.15 bits per heavy atom. The topological polar surface area (TPSA) is 84.9 Å². The Morgan fingerprint density at radius 2 is 1.88 bits per heavy atom. The average molecular weight is 476 g/mol. The molecule has 180 valence electrons. The van der Waals surface area contributed by atoms with Crippen molar-refractivity contribution in [2.45, 2.75) is 38.0 Å². The number of hydrogen-bond donors (Lipinski definition) is 1. The van der Waals surface area contributed by atoms with Crippen molar-refractivity contribution in [2.24, 2.45) is 0 Å². The summed E-state index contributed by atoms with van der Waals surface area (Å²) in [5, 5.41) is 2.37. The van der Waals surface area contributed by atoms with Gasteiger partial charge in [0.05, 0.1) is 17.5 Å². The lowest BCUT2D eigenvalue weighted by atomic mass is 9.82. The summed E-state index contributed by atoms with van der Waals surface area (Å²) >= 11 is 0. The molecule has 0 aromatic heterocycles. The lowest BCUT2D eigenvalue weighted by Gasteiger charge is -2.43. The number of benzene rings is 2. The summed E-state index contributed by atoms with van der Waals surface area (Å²) in [6.07, 6.45) is -3.23. The van der Waals surface area contributed by atoms with Crippen molar-refractivity contribution in [3.8, 4) is 11.5 Å². The summed E-state index contributed by atoms with van der Waals surface area (Å²) in [7, 11) is 0. The third-order valence-electron chi connectivity index (χ3n) is 6.03. The van der Waals surface area contributed by atoms with E-state index < -0.39 is 29.9 Å². The molecule has 2 aliphatic heterocycles. The Bertz CT molecular complexity index is 1120. The number of carbonyl (C=O) groups is 3. The molecule has 0 radical (unpaired) electrons. The fraction of sp³-hybridized carbons (Fsp3) is 0.375. The third kappa shape index (κ3) is 5.16. The van der Waals surface area contributed by atoms with Gasteiger partial charge in [0.2, 0.25) is 5.91 Å². The normalized spacial score (nSPS) is 17.1. The fourth-order valence-electron chi connectivity index (χ4n) is 4.19. The summed E-state index contributed by atoms with van der Waals surface area (Å²) in [6, 6.07) is 8.94. The van der Waals surface area contributed by atoms with E-state index in [2.05, 4.69) is 5.32 Å². The van der Waals surface area contributed by atoms with Crippen LogP contribution < -0.4 is 14.8 Å². The van der Waals surface area contributed by atoms with Crippen LogP contribution in [0.5, 0.6) is 11.5 Å². The lowest BCUT2D eigenvalue weighted by molar-refractivity contribution is -0.137. The zero-order chi connectivity index (χ0) is 24.5. The largest absolute Gasteiger partial charge is 0.486 e. The SMILES string of the molecule is CC(=O)N1CCC2(CC1)CC(=O)c1ccc(OCC(=O)Nc3cccc(C(F)(F)F)c3)cc1O2. The van der Waals surface area contributed by atoms with E-state index in [0.717, 1.165) is 12.1 Å². The molecule has 34 heavy (non-hydrogen) atoms. The zero-order valence-electron chi connectivity index (χ0n) is 18.4. The van der Waals surface area contributed by atoms with Crippen LogP contribution in [0.4, 0.5) is 18.9 Å². The number of piperidine rings is 1. The van der Waals surface area contributed by atoms with E-state index in [0.29, 0.717) is 37.2 Å². The van der Waals surface area contributed by atoms with E-state index >= 15 is 0 Å². The first-order valence-corrected chi connectivity index (χ1v) is 10.8. The van der Waals surface area contributed by atoms with E-state index in [1.807, 2.05) is 0 Å². The minimum absolute atomic E-state index is 0.00152. The number of rotatable bonds is 4. The van der Waals surface area contributed by atoms with Gasteiger partial charge < -0.3 is 19.7 Å². The minimum atomic E-state index is -4.52. The van der Waals surface area contributed by atoms with Gasteiger partial charge in [0.1, 0.15) is 17.1 Å². The van der Waals surface area contributed by atoms with Crippen molar-refractivity contribution in [3.63, 3.8) is 0 Å². The number of hydrogen-bond acceptors (Lipinski definition) is 5. The number of carbonyl (C=O) groups excluding carboxylic acids is 3. The van der Waals surface area contributed by atoms with E-state index in [-0.39, 0.29) is 29.5 Å². The Labute approximate surface area is 193 Å². The number of anilines is 1. The van der Waals surface area contributed by atoms with Gasteiger partial charge in [-0.05, 0) is 30.3 Å². The van der Waals surface area contributed by atoms with Gasteiger partial charge >= 0.3 is 6.18 Å². The van der Waals surface area contributed by atoms with Crippen LogP contribution in [0.1, 0.15) is 42.1 Å². The van der Waals surface area contributed by atoms with Gasteiger partial charge in [-0.25, -0.2) is 0 Å². The molecule has 2 aliphatic rings. The molecule has 2 aromatic rings. The number of ketones is 1. The Hall–Kier alpha value is -3.56. The Balaban J connectivity index is 1.39. The van der Waals surface area contributed by atoms with Crippen molar-refractivity contribution < 1.29 is 37.0 Å². The molecule has 0 unspecified atom stereocenters. The van der Waals surface area contributed by atoms with Crippen molar-refractivity contribution in [1.29, 1.82) is 0 Å². The molecule has 4 rings (SSSR count). The predicted molar refractivity (Wildman–Crippen MR) is 116 cm³/mol. The van der Waals surface area contributed by atoms with Gasteiger partial charge in [0, 0.05) is 44.6 Å². The second-order valence-electron chi connectivity index (χ2n) is 8.46. The predicted octanol–water partition coefficient (Wildman–Crippen LogP) is 4.07. The van der Waals surface area contributed by atoms with Gasteiger partial charge in [-0.2, -0.15) is 13.2 Å². The molecule has 1 fully saturated rings. The summed E-state index contributed by atoms with van der Waals surface area (Å²) in [5.74, 6) is -0.0859. The fourth-order valence-corrected chi connectivity index (χ4v) is 4.19. The van der Waals surface area contributed by atoms with E-state index in [4.69, 9.17) is 9.47 Å². The van der Waals surface area contributed by atoms with Crippen molar-refractivity contribution >= 4 is 23.3 Å². The maximum Gasteiger partial charge on any atom is 0.416 e. The van der Waals surface area contributed by atoms with Gasteiger partial charge in [-0.15, -0.1) is 0 Å². The third-order valence-corrected chi connectivity index (χ3v) is 6.03. The molecule has 1 saturated heterocycles. The molecule has 10 heteroatoms. The number of alkyl halides is 3. The number of amides is 2. The molecule has 2 amide bonds. The summed E-state index contributed by atoms with van der Waals surface area (Å²) in [5.41, 5.74) is -1.14. The van der Waals surface area contributed by atoms with Gasteiger partial charge in [-0.3, -0.25) is 14.4 Å². The molecule has 2 heterocycles. The van der Waals surface area contributed by atoms with Crippen molar-refractivity contribution in [1.82, 2.24) is 4.90 Å². The first-order valence-electron chi connectivity index (χ1n) is 10.8. The molecule has 1 spiro atoms. The molecular weight excluding hydrogens is 453 g/mol. The number of likely N-dealkylation sites (tertiary alicyclic amines) is 1. The van der Waals surface area contributed by atoms with Crippen LogP contribution in [0, 0.1) is 0 Å². The molecule has 0 aliphatic carbocycles. The first-order chi connectivity index (χ1) is 16.0. The number of ether oxygens (including phenoxy) is 2. The van der Waals surface area contributed by atoms with Crippen LogP contribution in [-0.2, 0) is 15.8 Å². The van der Waals surface area contributed by atoms with E-state index in [1.165, 1.54) is 31.2 Å². The molecule has 0 atom stereocenters. The molecule has 0 bridgehead atoms. The highest BCUT2D eigenvalue weighted by Gasteiger charge is 2.43. The second kappa shape index (κ2) is 9.00. The maximum absolute atomic E-state index is 12.8. The number of nitrogens with zero attached hydrogens (tertiary/aromatic N) is 1. The van der Waals surface area contributed by atoms with E-state index in [1.54, 1.807) is 11.0 Å². The molecular formula is C24H23F3N2O5. The van der Waals surface area contributed by atoms with Crippen LogP contribution >= 0.6 is 0 Å². The number of Topliss-reactive ketones (excluding diaryl/α,β-unsaturated/α-hetero) is 1. The molecule has 1 N–H and O–H groups in total. The monoisotopic (exact) mass is 476 g/mol. The lowest BCUT2D eigenvalue weighted by Crippen LogP contribution is -2.51. The highest BCUT2D eigenvalue weighted by atomic mass is 19.4. The molecule has 2 aromatic carbocycles. The van der Waals surface area contributed by atoms with Crippen molar-refractivity contribution in [2.75, 3.05) is 25.0 Å². The van der Waals surface area contributed by atoms with Gasteiger partial charge in [0.25, 0.3) is 5.91 Å². The summed E-state index contributed by atoms with van der Waals surface area (Å²) in [4.78, 5) is 38.2. The highest BCUT2D eigenvalue weighted by Crippen LogP contribution is 2.40. The standard InChI is InChI=1S/C24H23F3N2O5/c1-15(30)29-9-7-23(8-10-29)13-20(31)19-6-5-18(12-21(19)34-23)33-14-22(32)28-17-4-2-3-16(11-17)24(25,26)27/h2-6,11-12H,7-10,13-14H2,1H3,(H,28,32). The van der Waals surface area contributed by atoms with Crippen molar-refractivity contribution in [3.05, 3.63) is 53.6 Å². The maximum atomic E-state index is 12.8. The van der Waals surface area contributed by atoms with E-state index in [9.17, 15) is 27.6 Å². The minimum Gasteiger partial charge on any atom is -0.486 e. The van der Waals surface area contributed by atoms with Crippen LogP contribution in [-0.4, -0.2) is 47.8 Å². The quantitative estimate of drug-likeness (QED) is 0.719. The first kappa shape index (κ1) is 23.6. The number of halogens is 3. The van der Waals surface area contributed by atoms with Crippen LogP contribution in [0.3, 0.4) is 0 Å². The summed E-state index contributed by atoms with van der Waals surface area (Å²) < 4.78 is 50.2. The number of fused-ring (bicyclic) bond motifs is 1. The summed E-state index contributed by atoms with van der Waals surface area (Å²) in [6.45, 7) is 2.07. The smallest absolute Gasteiger partial charge is 0.416 e.